The normalized spacial score (nSPS) is 12.0. The van der Waals surface area contributed by atoms with E-state index in [-0.39, 0.29) is 5.92 Å². The molecule has 90 valence electrons. The maximum Gasteiger partial charge on any atom is 0.692 e. The smallest absolute Gasteiger partial charge is 0.480 e. The first-order valence-corrected chi connectivity index (χ1v) is 5.71. The predicted octanol–water partition coefficient (Wildman–Crippen LogP) is 1.72. The molecule has 3 N–H and O–H groups in total. The van der Waals surface area contributed by atoms with Crippen LogP contribution in [0.15, 0.2) is 0 Å². The summed E-state index contributed by atoms with van der Waals surface area (Å²) in [6, 6.07) is -0.807. The number of hydrogen-bond donors (Lipinski definition) is 3. The van der Waals surface area contributed by atoms with Gasteiger partial charge in [-0.05, 0) is 35.9 Å². The molecule has 0 aromatic carbocycles. The summed E-state index contributed by atoms with van der Waals surface area (Å²) in [6.07, 6.45) is 0.447. The van der Waals surface area contributed by atoms with Crippen LogP contribution in [0.2, 0.25) is 0 Å². The van der Waals surface area contributed by atoms with Crippen molar-refractivity contribution in [1.82, 2.24) is 3.94 Å². The van der Waals surface area contributed by atoms with Crippen molar-refractivity contribution in [3.63, 3.8) is 0 Å². The van der Waals surface area contributed by atoms with Crippen LogP contribution < -0.4 is 0 Å². The Labute approximate surface area is 98.6 Å². The molecule has 0 rings (SSSR count). The van der Waals surface area contributed by atoms with Gasteiger partial charge in [-0.1, -0.05) is 13.8 Å². The average molecular weight is 281 g/mol. The summed E-state index contributed by atoms with van der Waals surface area (Å²) in [6.45, 7) is 3.82. The van der Waals surface area contributed by atoms with Crippen LogP contribution in [0.1, 0.15) is 20.3 Å². The predicted molar refractivity (Wildman–Crippen MR) is 56.5 cm³/mol. The summed E-state index contributed by atoms with van der Waals surface area (Å²) in [5.41, 5.74) is 0. The molecule has 0 aromatic heterocycles. The fourth-order valence-corrected chi connectivity index (χ4v) is 1.04. The van der Waals surface area contributed by atoms with Crippen molar-refractivity contribution in [3.8, 4) is 0 Å². The van der Waals surface area contributed by atoms with Crippen molar-refractivity contribution in [2.45, 2.75) is 26.3 Å². The molecule has 1 atom stereocenters. The largest absolute Gasteiger partial charge is 0.692 e. The van der Waals surface area contributed by atoms with Gasteiger partial charge < -0.3 is 5.11 Å². The first-order valence-electron chi connectivity index (χ1n) is 3.87. The molecule has 0 heterocycles. The van der Waals surface area contributed by atoms with Crippen LogP contribution in [0.5, 0.6) is 0 Å². The molecule has 0 unspecified atom stereocenters. The first-order chi connectivity index (χ1) is 6.68. The summed E-state index contributed by atoms with van der Waals surface area (Å²) < 4.78 is 9.39. The van der Waals surface area contributed by atoms with Gasteiger partial charge in [0.15, 0.2) is 0 Å². The van der Waals surface area contributed by atoms with Crippen molar-refractivity contribution in [2.24, 2.45) is 5.92 Å². The number of aliphatic carboxylic acids is 1. The fraction of sp³-hybridized carbons (Fsp3) is 0.833. The van der Waals surface area contributed by atoms with Crippen molar-refractivity contribution >= 4 is 37.8 Å². The molecule has 6 nitrogen and oxygen atoms in total. The number of carboxylic acids is 1. The zero-order valence-corrected chi connectivity index (χ0v) is 10.6. The van der Waals surface area contributed by atoms with Gasteiger partial charge in [-0.15, -0.1) is 13.7 Å². The maximum absolute atomic E-state index is 10.5. The van der Waals surface area contributed by atoms with E-state index in [1.807, 2.05) is 13.8 Å². The van der Waals surface area contributed by atoms with Crippen molar-refractivity contribution < 1.29 is 24.3 Å². The Balaban J connectivity index is 0. The molecule has 0 bridgehead atoms. The van der Waals surface area contributed by atoms with Crippen molar-refractivity contribution in [3.05, 3.63) is 0 Å². The second kappa shape index (κ2) is 9.27. The van der Waals surface area contributed by atoms with E-state index in [2.05, 4.69) is 0 Å². The Morgan fingerprint density at radius 2 is 1.73 bits per heavy atom. The Hall–Kier alpha value is 0.0300. The van der Waals surface area contributed by atoms with E-state index in [1.165, 1.54) is 0 Å². The number of hydrogen-bond acceptors (Lipinski definition) is 3. The van der Waals surface area contributed by atoms with Gasteiger partial charge in [0.25, 0.3) is 0 Å². The number of rotatable bonds is 4. The topological polar surface area (TPSA) is 98.1 Å². The number of nitrogens with zero attached hydrogens (tertiary/aromatic N) is 1. The van der Waals surface area contributed by atoms with Gasteiger partial charge in [0, 0.05) is 4.57 Å². The Bertz CT molecular complexity index is 210. The molecule has 0 spiro atoms. The number of halogens is 2. The molecule has 0 radical (unpaired) electrons. The molecule has 0 amide bonds. The SMILES string of the molecule is CC(C)C[C@@H](C(=O)O)N(Cl)Cl.O=[P+](O)O. The summed E-state index contributed by atoms with van der Waals surface area (Å²) >= 11 is 10.6. The lowest BCUT2D eigenvalue weighted by Gasteiger charge is -2.16. The van der Waals surface area contributed by atoms with Gasteiger partial charge in [0.05, 0.1) is 0 Å². The first kappa shape index (κ1) is 17.4. The molecule has 9 heteroatoms. The highest BCUT2D eigenvalue weighted by Crippen LogP contribution is 2.15. The summed E-state index contributed by atoms with van der Waals surface area (Å²) in [5, 5.41) is 8.58. The second-order valence-corrected chi connectivity index (χ2v) is 4.40. The quantitative estimate of drug-likeness (QED) is 0.536. The van der Waals surface area contributed by atoms with Gasteiger partial charge in [-0.2, -0.15) is 0 Å². The van der Waals surface area contributed by atoms with Gasteiger partial charge >= 0.3 is 14.2 Å². The Morgan fingerprint density at radius 3 is 1.80 bits per heavy atom. The van der Waals surface area contributed by atoms with E-state index in [4.69, 9.17) is 43.0 Å². The Kier molecular flexibility index (Phi) is 10.8. The monoisotopic (exact) mass is 280 g/mol. The molecule has 0 saturated carbocycles. The summed E-state index contributed by atoms with van der Waals surface area (Å²) in [5.74, 6) is -0.736. The third-order valence-corrected chi connectivity index (χ3v) is 1.69. The van der Waals surface area contributed by atoms with Crippen LogP contribution in [0.3, 0.4) is 0 Å². The summed E-state index contributed by atoms with van der Waals surface area (Å²) in [7, 11) is -2.87. The Morgan fingerprint density at radius 1 is 1.40 bits per heavy atom. The molecule has 0 aliphatic carbocycles. The third-order valence-electron chi connectivity index (χ3n) is 1.22. The number of carboxylic acid groups (broad SMARTS) is 1. The third kappa shape index (κ3) is 14.0. The van der Waals surface area contributed by atoms with Crippen LogP contribution in [-0.2, 0) is 9.36 Å². The van der Waals surface area contributed by atoms with E-state index in [9.17, 15) is 4.79 Å². The van der Waals surface area contributed by atoms with Crippen LogP contribution in [0.4, 0.5) is 0 Å². The van der Waals surface area contributed by atoms with E-state index >= 15 is 0 Å². The van der Waals surface area contributed by atoms with Crippen LogP contribution in [0.25, 0.3) is 0 Å². The molecular formula is C6H13Cl2NO5P+. The zero-order chi connectivity index (χ0) is 12.6. The van der Waals surface area contributed by atoms with Gasteiger partial charge in [0.1, 0.15) is 6.04 Å². The van der Waals surface area contributed by atoms with Gasteiger partial charge in [-0.25, -0.2) is 0 Å². The molecule has 15 heavy (non-hydrogen) atoms. The molecule has 0 aromatic rings. The highest BCUT2D eigenvalue weighted by atomic mass is 35.5. The molecular weight excluding hydrogens is 268 g/mol. The highest BCUT2D eigenvalue weighted by Gasteiger charge is 2.23. The van der Waals surface area contributed by atoms with Crippen molar-refractivity contribution in [1.29, 1.82) is 0 Å². The van der Waals surface area contributed by atoms with Gasteiger partial charge in [-0.3, -0.25) is 4.79 Å². The van der Waals surface area contributed by atoms with E-state index in [0.29, 0.717) is 10.4 Å². The average Bonchev–Trinajstić information content (AvgIpc) is 1.97. The highest BCUT2D eigenvalue weighted by molar-refractivity contribution is 7.30. The molecule has 0 fully saturated rings. The zero-order valence-electron chi connectivity index (χ0n) is 8.17. The minimum absolute atomic E-state index is 0.260. The minimum atomic E-state index is -2.87. The minimum Gasteiger partial charge on any atom is -0.480 e. The lowest BCUT2D eigenvalue weighted by Crippen LogP contribution is -2.30. The lowest BCUT2D eigenvalue weighted by molar-refractivity contribution is -0.140. The fourth-order valence-electron chi connectivity index (χ4n) is 0.711. The van der Waals surface area contributed by atoms with Crippen LogP contribution >= 0.6 is 31.8 Å². The standard InChI is InChI=1S/C6H11Cl2NO2.HO3P/c1-4(2)3-5(6(10)11)9(7)8;1-4(2)3/h4-5H,3H2,1-2H3,(H,10,11);(H-,1,2,3)/p+1/t5-;/m0./s1. The van der Waals surface area contributed by atoms with Gasteiger partial charge in [0.2, 0.25) is 0 Å². The van der Waals surface area contributed by atoms with E-state index in [0.717, 1.165) is 0 Å². The maximum atomic E-state index is 10.5. The number of carbonyl (C=O) groups is 1. The molecule has 0 aliphatic rings. The summed E-state index contributed by atoms with van der Waals surface area (Å²) in [4.78, 5) is 24.7. The van der Waals surface area contributed by atoms with Crippen LogP contribution in [0, 0.1) is 5.92 Å². The van der Waals surface area contributed by atoms with Crippen molar-refractivity contribution in [2.75, 3.05) is 0 Å². The van der Waals surface area contributed by atoms with Crippen LogP contribution in [-0.4, -0.2) is 30.8 Å². The molecule has 0 saturated heterocycles. The van der Waals surface area contributed by atoms with E-state index in [1.54, 1.807) is 0 Å². The van der Waals surface area contributed by atoms with E-state index < -0.39 is 20.3 Å². The second-order valence-electron chi connectivity index (χ2n) is 3.00. The lowest BCUT2D eigenvalue weighted by atomic mass is 10.1. The molecule has 0 aliphatic heterocycles.